The van der Waals surface area contributed by atoms with Gasteiger partial charge in [-0.05, 0) is 47.0 Å². The SMILES string of the molecule is CC(Cc1cccc2ccccc12)C(=O)NCCOc1ccc(F)cc1. The van der Waals surface area contributed by atoms with Crippen LogP contribution in [0.2, 0.25) is 0 Å². The highest BCUT2D eigenvalue weighted by atomic mass is 19.1. The highest BCUT2D eigenvalue weighted by Gasteiger charge is 2.14. The van der Waals surface area contributed by atoms with Crippen LogP contribution in [0.3, 0.4) is 0 Å². The first kappa shape index (κ1) is 17.9. The van der Waals surface area contributed by atoms with E-state index in [-0.39, 0.29) is 17.6 Å². The van der Waals surface area contributed by atoms with Gasteiger partial charge in [-0.3, -0.25) is 4.79 Å². The number of hydrogen-bond donors (Lipinski definition) is 1. The van der Waals surface area contributed by atoms with Crippen molar-refractivity contribution in [2.45, 2.75) is 13.3 Å². The Morgan fingerprint density at radius 3 is 2.58 bits per heavy atom. The first-order valence-electron chi connectivity index (χ1n) is 8.76. The summed E-state index contributed by atoms with van der Waals surface area (Å²) in [6.07, 6.45) is 0.687. The first-order valence-corrected chi connectivity index (χ1v) is 8.76. The number of amides is 1. The summed E-state index contributed by atoms with van der Waals surface area (Å²) < 4.78 is 18.3. The highest BCUT2D eigenvalue weighted by Crippen LogP contribution is 2.21. The number of nitrogens with one attached hydrogen (secondary N) is 1. The molecule has 3 aromatic rings. The second kappa shape index (κ2) is 8.48. The van der Waals surface area contributed by atoms with Crippen molar-refractivity contribution in [3.63, 3.8) is 0 Å². The fourth-order valence-electron chi connectivity index (χ4n) is 2.94. The Kier molecular flexibility index (Phi) is 5.84. The third-order valence-electron chi connectivity index (χ3n) is 4.34. The minimum absolute atomic E-state index is 0.000593. The van der Waals surface area contributed by atoms with E-state index in [9.17, 15) is 9.18 Å². The molecule has 0 aromatic heterocycles. The van der Waals surface area contributed by atoms with Crippen LogP contribution in [0.4, 0.5) is 4.39 Å². The maximum absolute atomic E-state index is 12.8. The summed E-state index contributed by atoms with van der Waals surface area (Å²) in [5.74, 6) is 0.157. The van der Waals surface area contributed by atoms with Gasteiger partial charge in [0.25, 0.3) is 0 Å². The van der Waals surface area contributed by atoms with Crippen LogP contribution in [-0.2, 0) is 11.2 Å². The van der Waals surface area contributed by atoms with Crippen LogP contribution < -0.4 is 10.1 Å². The fourth-order valence-corrected chi connectivity index (χ4v) is 2.94. The van der Waals surface area contributed by atoms with Gasteiger partial charge in [0.05, 0.1) is 6.54 Å². The number of hydrogen-bond acceptors (Lipinski definition) is 2. The average molecular weight is 351 g/mol. The molecule has 1 unspecified atom stereocenters. The smallest absolute Gasteiger partial charge is 0.223 e. The molecule has 0 radical (unpaired) electrons. The molecule has 0 saturated heterocycles. The molecule has 0 aliphatic rings. The van der Waals surface area contributed by atoms with Crippen LogP contribution >= 0.6 is 0 Å². The molecule has 1 atom stereocenters. The van der Waals surface area contributed by atoms with E-state index in [1.54, 1.807) is 12.1 Å². The van der Waals surface area contributed by atoms with Gasteiger partial charge in [0.15, 0.2) is 0 Å². The third-order valence-corrected chi connectivity index (χ3v) is 4.34. The van der Waals surface area contributed by atoms with Gasteiger partial charge in [-0.15, -0.1) is 0 Å². The second-order valence-electron chi connectivity index (χ2n) is 6.34. The zero-order valence-electron chi connectivity index (χ0n) is 14.7. The van der Waals surface area contributed by atoms with Crippen LogP contribution in [-0.4, -0.2) is 19.1 Å². The van der Waals surface area contributed by atoms with E-state index in [0.717, 1.165) is 0 Å². The molecule has 3 aromatic carbocycles. The number of benzene rings is 3. The Bertz CT molecular complexity index is 871. The lowest BCUT2D eigenvalue weighted by atomic mass is 9.95. The van der Waals surface area contributed by atoms with Crippen molar-refractivity contribution in [3.05, 3.63) is 78.1 Å². The standard InChI is InChI=1S/C22H22FNO2/c1-16(15-18-7-4-6-17-5-2-3-8-21(17)18)22(25)24-13-14-26-20-11-9-19(23)10-12-20/h2-12,16H,13-15H2,1H3,(H,24,25). The first-order chi connectivity index (χ1) is 12.6. The van der Waals surface area contributed by atoms with Gasteiger partial charge in [-0.1, -0.05) is 49.4 Å². The Labute approximate surface area is 152 Å². The predicted octanol–water partition coefficient (Wildman–Crippen LogP) is 4.35. The van der Waals surface area contributed by atoms with Crippen molar-refractivity contribution in [1.29, 1.82) is 0 Å². The van der Waals surface area contributed by atoms with Crippen LogP contribution in [0, 0.1) is 11.7 Å². The number of ether oxygens (including phenoxy) is 1. The second-order valence-corrected chi connectivity index (χ2v) is 6.34. The number of carbonyl (C=O) groups excluding carboxylic acids is 1. The normalized spacial score (nSPS) is 11.9. The topological polar surface area (TPSA) is 38.3 Å². The van der Waals surface area contributed by atoms with Crippen molar-refractivity contribution in [3.8, 4) is 5.75 Å². The summed E-state index contributed by atoms with van der Waals surface area (Å²) in [6, 6.07) is 20.2. The van der Waals surface area contributed by atoms with Crippen LogP contribution in [0.1, 0.15) is 12.5 Å². The number of halogens is 1. The Balaban J connectivity index is 1.49. The number of carbonyl (C=O) groups is 1. The fraction of sp³-hybridized carbons (Fsp3) is 0.227. The molecule has 26 heavy (non-hydrogen) atoms. The van der Waals surface area contributed by atoms with E-state index in [1.165, 1.54) is 28.5 Å². The molecule has 0 heterocycles. The minimum Gasteiger partial charge on any atom is -0.492 e. The molecule has 4 heteroatoms. The van der Waals surface area contributed by atoms with Crippen molar-refractivity contribution >= 4 is 16.7 Å². The third kappa shape index (κ3) is 4.60. The van der Waals surface area contributed by atoms with Gasteiger partial charge in [-0.25, -0.2) is 4.39 Å². The van der Waals surface area contributed by atoms with E-state index in [0.29, 0.717) is 25.3 Å². The van der Waals surface area contributed by atoms with E-state index >= 15 is 0 Å². The molecule has 0 fully saturated rings. The Morgan fingerprint density at radius 1 is 1.04 bits per heavy atom. The Hall–Kier alpha value is -2.88. The summed E-state index contributed by atoms with van der Waals surface area (Å²) >= 11 is 0. The predicted molar refractivity (Wildman–Crippen MR) is 102 cm³/mol. The molecule has 0 aliphatic heterocycles. The van der Waals surface area contributed by atoms with Gasteiger partial charge >= 0.3 is 0 Å². The zero-order valence-corrected chi connectivity index (χ0v) is 14.7. The monoisotopic (exact) mass is 351 g/mol. The maximum atomic E-state index is 12.8. The van der Waals surface area contributed by atoms with E-state index in [4.69, 9.17) is 4.74 Å². The van der Waals surface area contributed by atoms with Gasteiger partial charge in [0, 0.05) is 5.92 Å². The highest BCUT2D eigenvalue weighted by molar-refractivity contribution is 5.86. The van der Waals surface area contributed by atoms with Gasteiger partial charge < -0.3 is 10.1 Å². The molecule has 134 valence electrons. The molecule has 0 spiro atoms. The van der Waals surface area contributed by atoms with E-state index in [2.05, 4.69) is 29.6 Å². The number of rotatable bonds is 7. The molecular weight excluding hydrogens is 329 g/mol. The molecular formula is C22H22FNO2. The van der Waals surface area contributed by atoms with Gasteiger partial charge in [0.2, 0.25) is 5.91 Å². The van der Waals surface area contributed by atoms with Gasteiger partial charge in [0.1, 0.15) is 18.2 Å². The quantitative estimate of drug-likeness (QED) is 0.643. The van der Waals surface area contributed by atoms with Crippen molar-refractivity contribution in [1.82, 2.24) is 5.32 Å². The maximum Gasteiger partial charge on any atom is 0.223 e. The largest absolute Gasteiger partial charge is 0.492 e. The summed E-state index contributed by atoms with van der Waals surface area (Å²) in [4.78, 5) is 12.3. The van der Waals surface area contributed by atoms with E-state index < -0.39 is 0 Å². The molecule has 0 aliphatic carbocycles. The minimum atomic E-state index is -0.298. The van der Waals surface area contributed by atoms with Gasteiger partial charge in [-0.2, -0.15) is 0 Å². The summed E-state index contributed by atoms with van der Waals surface area (Å²) in [7, 11) is 0. The Morgan fingerprint density at radius 2 is 1.77 bits per heavy atom. The molecule has 1 N–H and O–H groups in total. The molecule has 3 nitrogen and oxygen atoms in total. The summed E-state index contributed by atoms with van der Waals surface area (Å²) in [5, 5.41) is 5.27. The van der Waals surface area contributed by atoms with Crippen LogP contribution in [0.5, 0.6) is 5.75 Å². The lowest BCUT2D eigenvalue weighted by molar-refractivity contribution is -0.124. The van der Waals surface area contributed by atoms with Crippen LogP contribution in [0.15, 0.2) is 66.7 Å². The summed E-state index contributed by atoms with van der Waals surface area (Å²) in [6.45, 7) is 2.69. The molecule has 1 amide bonds. The van der Waals surface area contributed by atoms with Crippen molar-refractivity contribution in [2.24, 2.45) is 5.92 Å². The molecule has 3 rings (SSSR count). The van der Waals surface area contributed by atoms with Crippen molar-refractivity contribution < 1.29 is 13.9 Å². The van der Waals surface area contributed by atoms with Crippen LogP contribution in [0.25, 0.3) is 10.8 Å². The zero-order chi connectivity index (χ0) is 18.4. The van der Waals surface area contributed by atoms with E-state index in [1.807, 2.05) is 25.1 Å². The van der Waals surface area contributed by atoms with Crippen molar-refractivity contribution in [2.75, 3.05) is 13.2 Å². The lowest BCUT2D eigenvalue weighted by Crippen LogP contribution is -2.33. The average Bonchev–Trinajstić information content (AvgIpc) is 2.66. The molecule has 0 bridgehead atoms. The number of fused-ring (bicyclic) bond motifs is 1. The summed E-state index contributed by atoms with van der Waals surface area (Å²) in [5.41, 5.74) is 1.17. The molecule has 0 saturated carbocycles. The lowest BCUT2D eigenvalue weighted by Gasteiger charge is -2.14.